The van der Waals surface area contributed by atoms with E-state index in [1.54, 1.807) is 0 Å². The number of aryl methyl sites for hydroxylation is 1. The number of aliphatic hydroxyl groups is 2. The maximum Gasteiger partial charge on any atom is 0.119 e. The molecule has 4 nitrogen and oxygen atoms in total. The summed E-state index contributed by atoms with van der Waals surface area (Å²) >= 11 is 0. The Balaban J connectivity index is 1.74. The molecule has 0 saturated carbocycles. The lowest BCUT2D eigenvalue weighted by atomic mass is 10.1. The molecule has 0 saturated heterocycles. The molecule has 0 unspecified atom stereocenters. The summed E-state index contributed by atoms with van der Waals surface area (Å²) in [6.45, 7) is 4.82. The highest BCUT2D eigenvalue weighted by Crippen LogP contribution is 2.13. The normalized spacial score (nSPS) is 12.3. The molecule has 2 aromatic rings. The first-order chi connectivity index (χ1) is 12.7. The lowest BCUT2D eigenvalue weighted by Gasteiger charge is -2.23. The maximum atomic E-state index is 9.80. The van der Waals surface area contributed by atoms with E-state index in [2.05, 4.69) is 29.2 Å². The summed E-state index contributed by atoms with van der Waals surface area (Å²) in [6.07, 6.45) is 2.43. The summed E-state index contributed by atoms with van der Waals surface area (Å²) in [6, 6.07) is 18.4. The molecule has 0 bridgehead atoms. The number of aliphatic hydroxyl groups excluding tert-OH is 2. The topological polar surface area (TPSA) is 52.9 Å². The molecule has 0 radical (unpaired) electrons. The molecule has 2 N–H and O–H groups in total. The molecule has 0 aliphatic carbocycles. The van der Waals surface area contributed by atoms with Crippen LogP contribution in [-0.4, -0.2) is 47.5 Å². The van der Waals surface area contributed by atoms with E-state index in [1.165, 1.54) is 5.56 Å². The molecule has 2 aromatic carbocycles. The second-order valence-electron chi connectivity index (χ2n) is 6.61. The van der Waals surface area contributed by atoms with Crippen molar-refractivity contribution in [1.29, 1.82) is 0 Å². The van der Waals surface area contributed by atoms with Crippen LogP contribution in [0.5, 0.6) is 5.75 Å². The van der Waals surface area contributed by atoms with Gasteiger partial charge in [-0.3, -0.25) is 4.90 Å². The van der Waals surface area contributed by atoms with Gasteiger partial charge in [-0.2, -0.15) is 0 Å². The van der Waals surface area contributed by atoms with Gasteiger partial charge in [0, 0.05) is 13.1 Å². The fourth-order valence-corrected chi connectivity index (χ4v) is 2.86. The Morgan fingerprint density at radius 3 is 2.31 bits per heavy atom. The van der Waals surface area contributed by atoms with E-state index >= 15 is 0 Å². The Morgan fingerprint density at radius 1 is 0.962 bits per heavy atom. The van der Waals surface area contributed by atoms with Crippen LogP contribution in [0, 0.1) is 0 Å². The molecule has 0 heterocycles. The van der Waals surface area contributed by atoms with Crippen LogP contribution < -0.4 is 4.74 Å². The molecule has 0 spiro atoms. The van der Waals surface area contributed by atoms with E-state index in [0.717, 1.165) is 37.1 Å². The zero-order valence-electron chi connectivity index (χ0n) is 15.7. The third-order valence-electron chi connectivity index (χ3n) is 4.47. The van der Waals surface area contributed by atoms with Crippen molar-refractivity contribution in [1.82, 2.24) is 4.90 Å². The Bertz CT molecular complexity index is 601. The standard InChI is InChI=1S/C22H31NO3/c1-2-21(25)17-23(15-16-24)14-6-7-19-10-12-20(13-11-19)18-26-22-8-4-3-5-9-22/h3-5,8-13,21,24-25H,2,6-7,14-18H2,1H3/t21-/m0/s1. The van der Waals surface area contributed by atoms with E-state index in [9.17, 15) is 5.11 Å². The van der Waals surface area contributed by atoms with Crippen LogP contribution in [0.1, 0.15) is 30.9 Å². The van der Waals surface area contributed by atoms with Gasteiger partial charge in [-0.05, 0) is 49.1 Å². The van der Waals surface area contributed by atoms with Crippen LogP contribution in [0.3, 0.4) is 0 Å². The molecule has 142 valence electrons. The van der Waals surface area contributed by atoms with E-state index < -0.39 is 0 Å². The third-order valence-corrected chi connectivity index (χ3v) is 4.47. The molecule has 26 heavy (non-hydrogen) atoms. The van der Waals surface area contributed by atoms with Crippen molar-refractivity contribution in [2.75, 3.05) is 26.2 Å². The Morgan fingerprint density at radius 2 is 1.65 bits per heavy atom. The first-order valence-corrected chi connectivity index (χ1v) is 9.48. The number of rotatable bonds is 12. The smallest absolute Gasteiger partial charge is 0.119 e. The van der Waals surface area contributed by atoms with Gasteiger partial charge in [0.1, 0.15) is 12.4 Å². The number of hydrogen-bond acceptors (Lipinski definition) is 4. The molecule has 0 aromatic heterocycles. The highest BCUT2D eigenvalue weighted by atomic mass is 16.5. The molecule has 0 fully saturated rings. The third kappa shape index (κ3) is 7.56. The first kappa shape index (κ1) is 20.4. The second kappa shape index (κ2) is 11.7. The van der Waals surface area contributed by atoms with Gasteiger partial charge in [0.2, 0.25) is 0 Å². The molecule has 0 aliphatic rings. The number of ether oxygens (including phenoxy) is 1. The van der Waals surface area contributed by atoms with Gasteiger partial charge in [-0.1, -0.05) is 49.4 Å². The summed E-state index contributed by atoms with van der Waals surface area (Å²) in [4.78, 5) is 2.14. The van der Waals surface area contributed by atoms with Gasteiger partial charge in [-0.25, -0.2) is 0 Å². The molecular formula is C22H31NO3. The molecule has 2 rings (SSSR count). The van der Waals surface area contributed by atoms with E-state index in [0.29, 0.717) is 19.7 Å². The fraction of sp³-hybridized carbons (Fsp3) is 0.455. The van der Waals surface area contributed by atoms with E-state index in [1.807, 2.05) is 37.3 Å². The zero-order valence-corrected chi connectivity index (χ0v) is 15.7. The van der Waals surface area contributed by atoms with Gasteiger partial charge in [-0.15, -0.1) is 0 Å². The zero-order chi connectivity index (χ0) is 18.6. The van der Waals surface area contributed by atoms with Crippen LogP contribution in [0.2, 0.25) is 0 Å². The van der Waals surface area contributed by atoms with Crippen LogP contribution in [0.15, 0.2) is 54.6 Å². The van der Waals surface area contributed by atoms with Crippen molar-refractivity contribution < 1.29 is 14.9 Å². The van der Waals surface area contributed by atoms with Crippen LogP contribution >= 0.6 is 0 Å². The van der Waals surface area contributed by atoms with Crippen molar-refractivity contribution in [2.45, 2.75) is 38.9 Å². The average molecular weight is 357 g/mol. The molecule has 0 amide bonds. The van der Waals surface area contributed by atoms with Crippen LogP contribution in [0.4, 0.5) is 0 Å². The summed E-state index contributed by atoms with van der Waals surface area (Å²) < 4.78 is 5.76. The summed E-state index contributed by atoms with van der Waals surface area (Å²) in [5.74, 6) is 0.884. The molecule has 4 heteroatoms. The van der Waals surface area contributed by atoms with Gasteiger partial charge in [0.15, 0.2) is 0 Å². The molecular weight excluding hydrogens is 326 g/mol. The van der Waals surface area contributed by atoms with Crippen molar-refractivity contribution in [3.8, 4) is 5.75 Å². The Labute approximate surface area is 157 Å². The maximum absolute atomic E-state index is 9.80. The highest BCUT2D eigenvalue weighted by molar-refractivity contribution is 5.24. The average Bonchev–Trinajstić information content (AvgIpc) is 2.68. The van der Waals surface area contributed by atoms with Crippen molar-refractivity contribution in [2.24, 2.45) is 0 Å². The van der Waals surface area contributed by atoms with Crippen molar-refractivity contribution in [3.05, 3.63) is 65.7 Å². The quantitative estimate of drug-likeness (QED) is 0.612. The summed E-state index contributed by atoms with van der Waals surface area (Å²) in [5.41, 5.74) is 2.46. The van der Waals surface area contributed by atoms with Crippen LogP contribution in [0.25, 0.3) is 0 Å². The first-order valence-electron chi connectivity index (χ1n) is 9.48. The summed E-state index contributed by atoms with van der Waals surface area (Å²) in [7, 11) is 0. The van der Waals surface area contributed by atoms with E-state index in [4.69, 9.17) is 9.84 Å². The molecule has 1 atom stereocenters. The van der Waals surface area contributed by atoms with Gasteiger partial charge >= 0.3 is 0 Å². The monoisotopic (exact) mass is 357 g/mol. The summed E-state index contributed by atoms with van der Waals surface area (Å²) in [5, 5.41) is 19.0. The number of hydrogen-bond donors (Lipinski definition) is 2. The van der Waals surface area contributed by atoms with Gasteiger partial charge in [0.05, 0.1) is 12.7 Å². The minimum atomic E-state index is -0.314. The van der Waals surface area contributed by atoms with Gasteiger partial charge in [0.25, 0.3) is 0 Å². The van der Waals surface area contributed by atoms with Crippen molar-refractivity contribution in [3.63, 3.8) is 0 Å². The number of para-hydroxylation sites is 1. The van der Waals surface area contributed by atoms with E-state index in [-0.39, 0.29) is 12.7 Å². The fourth-order valence-electron chi connectivity index (χ4n) is 2.86. The number of nitrogens with zero attached hydrogens (tertiary/aromatic N) is 1. The minimum absolute atomic E-state index is 0.131. The van der Waals surface area contributed by atoms with Crippen LogP contribution in [-0.2, 0) is 13.0 Å². The highest BCUT2D eigenvalue weighted by Gasteiger charge is 2.09. The molecule has 0 aliphatic heterocycles. The number of benzene rings is 2. The Hall–Kier alpha value is -1.88. The Kier molecular flexibility index (Phi) is 9.18. The largest absolute Gasteiger partial charge is 0.489 e. The second-order valence-corrected chi connectivity index (χ2v) is 6.61. The predicted molar refractivity (Wildman–Crippen MR) is 105 cm³/mol. The lowest BCUT2D eigenvalue weighted by Crippen LogP contribution is -2.35. The SMILES string of the molecule is CC[C@H](O)CN(CCO)CCCc1ccc(COc2ccccc2)cc1. The predicted octanol–water partition coefficient (Wildman–Crippen LogP) is 3.26. The minimum Gasteiger partial charge on any atom is -0.489 e. The lowest BCUT2D eigenvalue weighted by molar-refractivity contribution is 0.0963. The van der Waals surface area contributed by atoms with Gasteiger partial charge < -0.3 is 14.9 Å². The van der Waals surface area contributed by atoms with Crippen molar-refractivity contribution >= 4 is 0 Å².